The molecule has 1 aliphatic rings. The fourth-order valence-corrected chi connectivity index (χ4v) is 4.63. The van der Waals surface area contributed by atoms with Crippen molar-refractivity contribution in [2.24, 2.45) is 0 Å². The second-order valence-electron chi connectivity index (χ2n) is 6.40. The fourth-order valence-electron chi connectivity index (χ4n) is 3.41. The normalized spacial score (nSPS) is 13.0. The van der Waals surface area contributed by atoms with Gasteiger partial charge in [0.2, 0.25) is 5.88 Å². The lowest BCUT2D eigenvalue weighted by Crippen LogP contribution is -2.34. The minimum absolute atomic E-state index is 0.00257. The predicted octanol–water partition coefficient (Wildman–Crippen LogP) is 3.61. The number of thiophene rings is 1. The second-order valence-corrected chi connectivity index (χ2v) is 7.48. The summed E-state index contributed by atoms with van der Waals surface area (Å²) in [5.41, 5.74) is 2.42. The lowest BCUT2D eigenvalue weighted by Gasteiger charge is -2.21. The number of carbonyl (C=O) groups is 1. The molecular formula is C20H21N3O2S. The van der Waals surface area contributed by atoms with E-state index in [2.05, 4.69) is 9.97 Å². The molecule has 4 rings (SSSR count). The molecule has 0 atom stereocenters. The molecule has 3 aromatic rings. The van der Waals surface area contributed by atoms with E-state index in [9.17, 15) is 4.79 Å². The van der Waals surface area contributed by atoms with Gasteiger partial charge in [0.15, 0.2) is 6.61 Å². The molecular weight excluding hydrogens is 346 g/mol. The van der Waals surface area contributed by atoms with Crippen LogP contribution in [0.5, 0.6) is 5.88 Å². The highest BCUT2D eigenvalue weighted by Crippen LogP contribution is 2.39. The molecule has 5 nitrogen and oxygen atoms in total. The van der Waals surface area contributed by atoms with Crippen molar-refractivity contribution < 1.29 is 9.53 Å². The summed E-state index contributed by atoms with van der Waals surface area (Å²) in [6, 6.07) is 10.0. The zero-order chi connectivity index (χ0) is 17.9. The highest BCUT2D eigenvalue weighted by Gasteiger charge is 2.22. The van der Waals surface area contributed by atoms with Crippen molar-refractivity contribution in [3.8, 4) is 5.88 Å². The van der Waals surface area contributed by atoms with Crippen LogP contribution in [-0.4, -0.2) is 33.9 Å². The zero-order valence-corrected chi connectivity index (χ0v) is 15.6. The monoisotopic (exact) mass is 367 g/mol. The van der Waals surface area contributed by atoms with Crippen molar-refractivity contribution in [2.75, 3.05) is 13.2 Å². The van der Waals surface area contributed by atoms with Crippen LogP contribution < -0.4 is 4.74 Å². The van der Waals surface area contributed by atoms with E-state index in [1.807, 2.05) is 37.3 Å². The average Bonchev–Trinajstić information content (AvgIpc) is 3.26. The van der Waals surface area contributed by atoms with Crippen LogP contribution in [-0.2, 0) is 24.2 Å². The van der Waals surface area contributed by atoms with Gasteiger partial charge in [-0.3, -0.25) is 4.79 Å². The van der Waals surface area contributed by atoms with E-state index in [0.717, 1.165) is 28.6 Å². The Morgan fingerprint density at radius 1 is 1.23 bits per heavy atom. The van der Waals surface area contributed by atoms with Crippen molar-refractivity contribution in [3.63, 3.8) is 0 Å². The molecule has 0 aliphatic heterocycles. The SMILES string of the molecule is CCN(Cc1ccccc1)C(=O)COc1ncnc2sc3c(c12)CCC3. The predicted molar refractivity (Wildman–Crippen MR) is 102 cm³/mol. The van der Waals surface area contributed by atoms with Crippen LogP contribution in [0.4, 0.5) is 0 Å². The molecule has 6 heteroatoms. The maximum atomic E-state index is 12.6. The number of hydrogen-bond acceptors (Lipinski definition) is 5. The van der Waals surface area contributed by atoms with Gasteiger partial charge in [-0.1, -0.05) is 30.3 Å². The molecule has 2 heterocycles. The summed E-state index contributed by atoms with van der Waals surface area (Å²) in [4.78, 5) is 25.4. The summed E-state index contributed by atoms with van der Waals surface area (Å²) >= 11 is 1.72. The van der Waals surface area contributed by atoms with E-state index >= 15 is 0 Å². The Hall–Kier alpha value is -2.47. The molecule has 0 unspecified atom stereocenters. The Labute approximate surface area is 156 Å². The van der Waals surface area contributed by atoms with Gasteiger partial charge in [0.25, 0.3) is 5.91 Å². The molecule has 1 aliphatic carbocycles. The van der Waals surface area contributed by atoms with E-state index in [1.54, 1.807) is 16.2 Å². The Bertz CT molecular complexity index is 923. The standard InChI is InChI=1S/C20H21N3O2S/c1-2-23(11-14-7-4-3-5-8-14)17(24)12-25-19-18-15-9-6-10-16(15)26-20(18)22-13-21-19/h3-5,7-8,13H,2,6,9-12H2,1H3. The van der Waals surface area contributed by atoms with Gasteiger partial charge in [-0.15, -0.1) is 11.3 Å². The summed E-state index contributed by atoms with van der Waals surface area (Å²) in [6.45, 7) is 3.21. The fraction of sp³-hybridized carbons (Fsp3) is 0.350. The number of nitrogens with zero attached hydrogens (tertiary/aromatic N) is 3. The molecule has 0 fully saturated rings. The van der Waals surface area contributed by atoms with Gasteiger partial charge in [0.05, 0.1) is 5.39 Å². The van der Waals surface area contributed by atoms with Gasteiger partial charge in [-0.2, -0.15) is 0 Å². The molecule has 0 spiro atoms. The molecule has 26 heavy (non-hydrogen) atoms. The van der Waals surface area contributed by atoms with E-state index in [4.69, 9.17) is 4.74 Å². The third-order valence-electron chi connectivity index (χ3n) is 4.75. The Kier molecular flexibility index (Phi) is 4.84. The van der Waals surface area contributed by atoms with Gasteiger partial charge < -0.3 is 9.64 Å². The van der Waals surface area contributed by atoms with Gasteiger partial charge in [0.1, 0.15) is 11.2 Å². The third-order valence-corrected chi connectivity index (χ3v) is 5.95. The first kappa shape index (κ1) is 17.0. The summed E-state index contributed by atoms with van der Waals surface area (Å²) in [7, 11) is 0. The number of hydrogen-bond donors (Lipinski definition) is 0. The van der Waals surface area contributed by atoms with Crippen LogP contribution in [0, 0.1) is 0 Å². The quantitative estimate of drug-likeness (QED) is 0.668. The number of benzene rings is 1. The zero-order valence-electron chi connectivity index (χ0n) is 14.8. The minimum Gasteiger partial charge on any atom is -0.467 e. The minimum atomic E-state index is -0.0324. The van der Waals surface area contributed by atoms with Crippen molar-refractivity contribution in [3.05, 3.63) is 52.7 Å². The van der Waals surface area contributed by atoms with Crippen LogP contribution in [0.25, 0.3) is 10.2 Å². The molecule has 0 saturated heterocycles. The molecule has 2 aromatic heterocycles. The highest BCUT2D eigenvalue weighted by molar-refractivity contribution is 7.18. The molecule has 0 saturated carbocycles. The van der Waals surface area contributed by atoms with Crippen LogP contribution in [0.2, 0.25) is 0 Å². The summed E-state index contributed by atoms with van der Waals surface area (Å²) in [5, 5.41) is 1.00. The van der Waals surface area contributed by atoms with Crippen LogP contribution in [0.15, 0.2) is 36.7 Å². The van der Waals surface area contributed by atoms with Crippen LogP contribution >= 0.6 is 11.3 Å². The first-order valence-electron chi connectivity index (χ1n) is 8.96. The molecule has 0 bridgehead atoms. The van der Waals surface area contributed by atoms with Crippen molar-refractivity contribution in [1.29, 1.82) is 0 Å². The number of aromatic nitrogens is 2. The topological polar surface area (TPSA) is 55.3 Å². The van der Waals surface area contributed by atoms with E-state index in [-0.39, 0.29) is 12.5 Å². The van der Waals surface area contributed by atoms with E-state index < -0.39 is 0 Å². The number of fused-ring (bicyclic) bond motifs is 3. The van der Waals surface area contributed by atoms with Gasteiger partial charge in [-0.25, -0.2) is 9.97 Å². The summed E-state index contributed by atoms with van der Waals surface area (Å²) in [6.07, 6.45) is 4.85. The van der Waals surface area contributed by atoms with Crippen LogP contribution in [0.1, 0.15) is 29.3 Å². The second kappa shape index (κ2) is 7.41. The lowest BCUT2D eigenvalue weighted by atomic mass is 10.2. The van der Waals surface area contributed by atoms with Crippen LogP contribution in [0.3, 0.4) is 0 Å². The Balaban J connectivity index is 1.48. The summed E-state index contributed by atoms with van der Waals surface area (Å²) < 4.78 is 5.85. The van der Waals surface area contributed by atoms with E-state index in [1.165, 1.54) is 23.2 Å². The molecule has 1 aromatic carbocycles. The maximum absolute atomic E-state index is 12.6. The maximum Gasteiger partial charge on any atom is 0.260 e. The lowest BCUT2D eigenvalue weighted by molar-refractivity contribution is -0.133. The largest absolute Gasteiger partial charge is 0.467 e. The Morgan fingerprint density at radius 2 is 2.08 bits per heavy atom. The highest BCUT2D eigenvalue weighted by atomic mass is 32.1. The third kappa shape index (κ3) is 3.29. The smallest absolute Gasteiger partial charge is 0.260 e. The van der Waals surface area contributed by atoms with Gasteiger partial charge in [-0.05, 0) is 37.3 Å². The first-order chi connectivity index (χ1) is 12.8. The number of aryl methyl sites for hydroxylation is 2. The molecule has 134 valence electrons. The van der Waals surface area contributed by atoms with Crippen molar-refractivity contribution in [2.45, 2.75) is 32.7 Å². The molecule has 0 radical (unpaired) electrons. The van der Waals surface area contributed by atoms with Crippen molar-refractivity contribution >= 4 is 27.5 Å². The number of carbonyl (C=O) groups excluding carboxylic acids is 1. The average molecular weight is 367 g/mol. The first-order valence-corrected chi connectivity index (χ1v) is 9.77. The van der Waals surface area contributed by atoms with Crippen molar-refractivity contribution in [1.82, 2.24) is 14.9 Å². The Morgan fingerprint density at radius 3 is 2.88 bits per heavy atom. The summed E-state index contributed by atoms with van der Waals surface area (Å²) in [5.74, 6) is 0.508. The van der Waals surface area contributed by atoms with E-state index in [0.29, 0.717) is 19.0 Å². The van der Waals surface area contributed by atoms with Gasteiger partial charge in [0, 0.05) is 18.0 Å². The number of rotatable bonds is 6. The number of ether oxygens (including phenoxy) is 1. The number of amides is 1. The van der Waals surface area contributed by atoms with Gasteiger partial charge >= 0.3 is 0 Å². The molecule has 0 N–H and O–H groups in total. The number of likely N-dealkylation sites (N-methyl/N-ethyl adjacent to an activating group) is 1. The molecule has 1 amide bonds.